The number of amides is 1. The van der Waals surface area contributed by atoms with Crippen LogP contribution >= 0.6 is 11.6 Å². The fourth-order valence-electron chi connectivity index (χ4n) is 2.91. The van der Waals surface area contributed by atoms with Gasteiger partial charge in [-0.25, -0.2) is 0 Å². The van der Waals surface area contributed by atoms with Crippen LogP contribution in [0, 0.1) is 11.8 Å². The van der Waals surface area contributed by atoms with Gasteiger partial charge in [0.15, 0.2) is 11.5 Å². The van der Waals surface area contributed by atoms with Crippen molar-refractivity contribution in [3.05, 3.63) is 17.2 Å². The summed E-state index contributed by atoms with van der Waals surface area (Å²) in [6.45, 7) is 0.897. The van der Waals surface area contributed by atoms with E-state index in [9.17, 15) is 4.79 Å². The lowest BCUT2D eigenvalue weighted by Gasteiger charge is -2.26. The Morgan fingerprint density at radius 2 is 1.90 bits per heavy atom. The van der Waals surface area contributed by atoms with E-state index in [-0.39, 0.29) is 18.6 Å². The number of nitrogens with two attached hydrogens (primary N) is 1. The van der Waals surface area contributed by atoms with E-state index < -0.39 is 0 Å². The molecule has 0 spiro atoms. The average Bonchev–Trinajstić information content (AvgIpc) is 2.94. The smallest absolute Gasteiger partial charge is 0.231 e. The van der Waals surface area contributed by atoms with E-state index in [2.05, 4.69) is 5.32 Å². The van der Waals surface area contributed by atoms with Crippen LogP contribution in [0.2, 0.25) is 5.02 Å². The van der Waals surface area contributed by atoms with Crippen molar-refractivity contribution in [3.8, 4) is 11.5 Å². The SMILES string of the molecule is NCC1CCC(C(=O)Nc2cc3c(cc2Cl)OCO3)CC1. The second-order valence-corrected chi connectivity index (χ2v) is 6.04. The molecule has 21 heavy (non-hydrogen) atoms. The summed E-state index contributed by atoms with van der Waals surface area (Å²) in [5.41, 5.74) is 6.25. The van der Waals surface area contributed by atoms with Crippen molar-refractivity contribution in [1.29, 1.82) is 0 Å². The van der Waals surface area contributed by atoms with Crippen molar-refractivity contribution in [2.45, 2.75) is 25.7 Å². The third-order valence-corrected chi connectivity index (χ3v) is 4.58. The number of benzene rings is 1. The van der Waals surface area contributed by atoms with Crippen molar-refractivity contribution in [2.75, 3.05) is 18.7 Å². The van der Waals surface area contributed by atoms with Gasteiger partial charge in [-0.05, 0) is 38.1 Å². The first-order valence-corrected chi connectivity index (χ1v) is 7.65. The fourth-order valence-corrected chi connectivity index (χ4v) is 3.11. The minimum Gasteiger partial charge on any atom is -0.454 e. The number of hydrogen-bond acceptors (Lipinski definition) is 4. The minimum atomic E-state index is 0.0197. The monoisotopic (exact) mass is 310 g/mol. The van der Waals surface area contributed by atoms with Crippen LogP contribution in [0.3, 0.4) is 0 Å². The Kier molecular flexibility index (Phi) is 4.22. The standard InChI is InChI=1S/C15H19ClN2O3/c16-11-5-13-14(21-8-20-13)6-12(11)18-15(19)10-3-1-9(7-17)2-4-10/h5-6,9-10H,1-4,7-8,17H2,(H,18,19). The molecule has 3 rings (SSSR count). The number of nitrogens with one attached hydrogen (secondary N) is 1. The number of ether oxygens (including phenoxy) is 2. The van der Waals surface area contributed by atoms with Gasteiger partial charge in [-0.2, -0.15) is 0 Å². The quantitative estimate of drug-likeness (QED) is 0.900. The van der Waals surface area contributed by atoms with E-state index in [0.717, 1.165) is 25.7 Å². The summed E-state index contributed by atoms with van der Waals surface area (Å²) < 4.78 is 10.6. The number of hydrogen-bond donors (Lipinski definition) is 2. The molecule has 6 heteroatoms. The highest BCUT2D eigenvalue weighted by atomic mass is 35.5. The normalized spacial score (nSPS) is 23.9. The summed E-state index contributed by atoms with van der Waals surface area (Å²) in [4.78, 5) is 12.3. The van der Waals surface area contributed by atoms with Crippen LogP contribution in [0.1, 0.15) is 25.7 Å². The van der Waals surface area contributed by atoms with Gasteiger partial charge in [0.1, 0.15) is 0 Å². The number of rotatable bonds is 3. The van der Waals surface area contributed by atoms with Crippen LogP contribution < -0.4 is 20.5 Å². The van der Waals surface area contributed by atoms with Crippen LogP contribution in [-0.4, -0.2) is 19.2 Å². The number of carbonyl (C=O) groups excluding carboxylic acids is 1. The van der Waals surface area contributed by atoms with Crippen molar-refractivity contribution in [1.82, 2.24) is 0 Å². The number of anilines is 1. The molecule has 0 unspecified atom stereocenters. The molecule has 114 valence electrons. The third-order valence-electron chi connectivity index (χ3n) is 4.27. The molecule has 1 saturated carbocycles. The highest BCUT2D eigenvalue weighted by Gasteiger charge is 2.26. The maximum absolute atomic E-state index is 12.3. The molecular weight excluding hydrogens is 292 g/mol. The molecule has 0 radical (unpaired) electrons. The molecule has 1 fully saturated rings. The molecule has 1 amide bonds. The van der Waals surface area contributed by atoms with Gasteiger partial charge in [0.05, 0.1) is 10.7 Å². The molecule has 3 N–H and O–H groups in total. The zero-order valence-corrected chi connectivity index (χ0v) is 12.5. The average molecular weight is 311 g/mol. The van der Waals surface area contributed by atoms with Crippen molar-refractivity contribution in [2.24, 2.45) is 17.6 Å². The second kappa shape index (κ2) is 6.12. The summed E-state index contributed by atoms with van der Waals surface area (Å²) in [7, 11) is 0. The zero-order valence-electron chi connectivity index (χ0n) is 11.7. The number of fused-ring (bicyclic) bond motifs is 1. The topological polar surface area (TPSA) is 73.6 Å². The van der Waals surface area contributed by atoms with Crippen LogP contribution in [0.15, 0.2) is 12.1 Å². The van der Waals surface area contributed by atoms with E-state index in [1.807, 2.05) is 0 Å². The van der Waals surface area contributed by atoms with Crippen LogP contribution in [0.25, 0.3) is 0 Å². The summed E-state index contributed by atoms with van der Waals surface area (Å²) in [6.07, 6.45) is 3.80. The van der Waals surface area contributed by atoms with Gasteiger partial charge >= 0.3 is 0 Å². The van der Waals surface area contributed by atoms with Gasteiger partial charge in [-0.3, -0.25) is 4.79 Å². The Balaban J connectivity index is 1.65. The van der Waals surface area contributed by atoms with Crippen LogP contribution in [0.5, 0.6) is 11.5 Å². The lowest BCUT2D eigenvalue weighted by Crippen LogP contribution is -2.29. The molecule has 0 atom stereocenters. The van der Waals surface area contributed by atoms with Crippen molar-refractivity contribution >= 4 is 23.2 Å². The summed E-state index contributed by atoms with van der Waals surface area (Å²) in [5.74, 6) is 1.84. The van der Waals surface area contributed by atoms with E-state index in [1.165, 1.54) is 0 Å². The Morgan fingerprint density at radius 3 is 2.57 bits per heavy atom. The van der Waals surface area contributed by atoms with E-state index in [0.29, 0.717) is 34.7 Å². The van der Waals surface area contributed by atoms with Gasteiger partial charge in [0.2, 0.25) is 12.7 Å². The molecule has 0 aromatic heterocycles. The molecule has 2 aliphatic rings. The van der Waals surface area contributed by atoms with Crippen LogP contribution in [-0.2, 0) is 4.79 Å². The first-order valence-electron chi connectivity index (χ1n) is 7.27. The molecule has 1 aliphatic heterocycles. The zero-order chi connectivity index (χ0) is 14.8. The molecular formula is C15H19ClN2O3. The number of carbonyl (C=O) groups is 1. The molecule has 1 aromatic carbocycles. The first kappa shape index (κ1) is 14.5. The lowest BCUT2D eigenvalue weighted by atomic mass is 9.81. The molecule has 1 aliphatic carbocycles. The maximum atomic E-state index is 12.3. The third kappa shape index (κ3) is 3.09. The summed E-state index contributed by atoms with van der Waals surface area (Å²) in [5, 5.41) is 3.37. The Labute approximate surface area is 128 Å². The van der Waals surface area contributed by atoms with Crippen molar-refractivity contribution < 1.29 is 14.3 Å². The maximum Gasteiger partial charge on any atom is 0.231 e. The predicted molar refractivity (Wildman–Crippen MR) is 80.7 cm³/mol. The lowest BCUT2D eigenvalue weighted by molar-refractivity contribution is -0.121. The molecule has 0 bridgehead atoms. The van der Waals surface area contributed by atoms with Gasteiger partial charge < -0.3 is 20.5 Å². The van der Waals surface area contributed by atoms with E-state index in [1.54, 1.807) is 12.1 Å². The Morgan fingerprint density at radius 1 is 1.24 bits per heavy atom. The predicted octanol–water partition coefficient (Wildman–Crippen LogP) is 2.77. The van der Waals surface area contributed by atoms with Gasteiger partial charge in [-0.1, -0.05) is 11.6 Å². The molecule has 0 saturated heterocycles. The fraction of sp³-hybridized carbons (Fsp3) is 0.533. The Hall–Kier alpha value is -1.46. The van der Waals surface area contributed by atoms with Crippen molar-refractivity contribution in [3.63, 3.8) is 0 Å². The number of halogens is 1. The highest BCUT2D eigenvalue weighted by Crippen LogP contribution is 2.39. The largest absolute Gasteiger partial charge is 0.454 e. The summed E-state index contributed by atoms with van der Waals surface area (Å²) >= 11 is 6.17. The molecule has 1 heterocycles. The van der Waals surface area contributed by atoms with E-state index in [4.69, 9.17) is 26.8 Å². The Bertz CT molecular complexity index is 542. The molecule has 5 nitrogen and oxygen atoms in total. The van der Waals surface area contributed by atoms with Gasteiger partial charge in [-0.15, -0.1) is 0 Å². The second-order valence-electron chi connectivity index (χ2n) is 5.63. The summed E-state index contributed by atoms with van der Waals surface area (Å²) in [6, 6.07) is 3.39. The van der Waals surface area contributed by atoms with Crippen LogP contribution in [0.4, 0.5) is 5.69 Å². The van der Waals surface area contributed by atoms with Gasteiger partial charge in [0.25, 0.3) is 0 Å². The highest BCUT2D eigenvalue weighted by molar-refractivity contribution is 6.34. The minimum absolute atomic E-state index is 0.0197. The molecule has 1 aromatic rings. The first-order chi connectivity index (χ1) is 10.2. The van der Waals surface area contributed by atoms with E-state index >= 15 is 0 Å². The van der Waals surface area contributed by atoms with Gasteiger partial charge in [0, 0.05) is 18.1 Å².